The van der Waals surface area contributed by atoms with E-state index in [4.69, 9.17) is 4.42 Å². The number of aryl methyl sites for hydroxylation is 1. The Morgan fingerprint density at radius 2 is 2.00 bits per heavy atom. The monoisotopic (exact) mass is 409 g/mol. The fraction of sp³-hybridized carbons (Fsp3) is 0.300. The van der Waals surface area contributed by atoms with Gasteiger partial charge in [-0.2, -0.15) is 9.97 Å². The number of pyridine rings is 1. The number of nitrogens with one attached hydrogen (secondary N) is 2. The van der Waals surface area contributed by atoms with Gasteiger partial charge < -0.3 is 29.8 Å². The second-order valence-electron chi connectivity index (χ2n) is 6.72. The van der Waals surface area contributed by atoms with Crippen molar-refractivity contribution in [2.75, 3.05) is 23.8 Å². The number of fused-ring (bicyclic) bond motifs is 1. The van der Waals surface area contributed by atoms with E-state index in [-0.39, 0.29) is 13.2 Å². The summed E-state index contributed by atoms with van der Waals surface area (Å²) in [5.74, 6) is 0.866. The maximum Gasteiger partial charge on any atom is 0.227 e. The number of imidazole rings is 1. The normalized spacial score (nSPS) is 11.3. The van der Waals surface area contributed by atoms with Crippen LogP contribution < -0.4 is 10.6 Å². The minimum atomic E-state index is -0.548. The van der Waals surface area contributed by atoms with Gasteiger partial charge in [-0.3, -0.25) is 4.98 Å². The third kappa shape index (κ3) is 4.09. The Labute approximate surface area is 172 Å². The minimum absolute atomic E-state index is 0.234. The van der Waals surface area contributed by atoms with Crippen LogP contribution in [0.4, 0.5) is 11.8 Å². The third-order valence-electron chi connectivity index (χ3n) is 4.68. The van der Waals surface area contributed by atoms with Gasteiger partial charge in [0.05, 0.1) is 43.8 Å². The van der Waals surface area contributed by atoms with Crippen LogP contribution in [0.5, 0.6) is 0 Å². The van der Waals surface area contributed by atoms with Gasteiger partial charge in [0.25, 0.3) is 0 Å². The lowest BCUT2D eigenvalue weighted by atomic mass is 10.2. The molecule has 10 nitrogen and oxygen atoms in total. The highest BCUT2D eigenvalue weighted by Gasteiger charge is 2.15. The fourth-order valence-corrected chi connectivity index (χ4v) is 2.99. The Morgan fingerprint density at radius 3 is 2.67 bits per heavy atom. The molecule has 0 bridgehead atoms. The molecule has 4 N–H and O–H groups in total. The molecule has 0 spiro atoms. The number of aliphatic hydroxyl groups excluding tert-OH is 2. The number of hydrogen-bond donors (Lipinski definition) is 4. The van der Waals surface area contributed by atoms with Crippen LogP contribution >= 0.6 is 0 Å². The summed E-state index contributed by atoms with van der Waals surface area (Å²) in [4.78, 5) is 17.9. The molecule has 0 amide bonds. The maximum atomic E-state index is 9.35. The maximum absolute atomic E-state index is 9.35. The van der Waals surface area contributed by atoms with Crippen LogP contribution in [0, 0.1) is 0 Å². The van der Waals surface area contributed by atoms with E-state index in [2.05, 4.69) is 30.6 Å². The van der Waals surface area contributed by atoms with Crippen molar-refractivity contribution in [2.24, 2.45) is 0 Å². The summed E-state index contributed by atoms with van der Waals surface area (Å²) in [5, 5.41) is 24.9. The van der Waals surface area contributed by atoms with Crippen molar-refractivity contribution < 1.29 is 14.6 Å². The zero-order chi connectivity index (χ0) is 20.9. The van der Waals surface area contributed by atoms with Gasteiger partial charge in [-0.15, -0.1) is 0 Å². The largest absolute Gasteiger partial charge is 0.472 e. The van der Waals surface area contributed by atoms with Crippen molar-refractivity contribution >= 4 is 22.9 Å². The van der Waals surface area contributed by atoms with E-state index in [9.17, 15) is 10.2 Å². The molecule has 4 rings (SSSR count). The average molecular weight is 409 g/mol. The molecule has 0 saturated heterocycles. The number of aromatic nitrogens is 5. The van der Waals surface area contributed by atoms with Crippen LogP contribution in [0.1, 0.15) is 12.5 Å². The molecule has 0 unspecified atom stereocenters. The zero-order valence-electron chi connectivity index (χ0n) is 16.5. The van der Waals surface area contributed by atoms with Crippen LogP contribution in [0.3, 0.4) is 0 Å². The molecule has 30 heavy (non-hydrogen) atoms. The van der Waals surface area contributed by atoms with Crippen molar-refractivity contribution in [2.45, 2.75) is 26.1 Å². The molecule has 0 fully saturated rings. The van der Waals surface area contributed by atoms with E-state index in [0.717, 1.165) is 16.8 Å². The van der Waals surface area contributed by atoms with Crippen molar-refractivity contribution in [1.82, 2.24) is 24.5 Å². The number of hydrogen-bond acceptors (Lipinski definition) is 9. The molecule has 0 aromatic carbocycles. The molecule has 0 radical (unpaired) electrons. The van der Waals surface area contributed by atoms with E-state index >= 15 is 0 Å². The summed E-state index contributed by atoms with van der Waals surface area (Å²) in [5.41, 5.74) is 4.05. The second-order valence-corrected chi connectivity index (χ2v) is 6.72. The summed E-state index contributed by atoms with van der Waals surface area (Å²) in [6, 6.07) is 5.23. The Hall–Kier alpha value is -3.50. The lowest BCUT2D eigenvalue weighted by Gasteiger charge is -2.15. The first kappa shape index (κ1) is 19.8. The van der Waals surface area contributed by atoms with E-state index in [1.807, 2.05) is 29.7 Å². The summed E-state index contributed by atoms with van der Waals surface area (Å²) in [6.45, 7) is 2.73. The molecule has 0 atom stereocenters. The number of rotatable bonds is 9. The van der Waals surface area contributed by atoms with Crippen molar-refractivity contribution in [3.8, 4) is 11.3 Å². The SMILES string of the molecule is CCn1cnc2c(NCc3ccc(-c4ccoc4)nc3)nc(NC(CO)CO)nc21. The topological polar surface area (TPSA) is 134 Å². The quantitative estimate of drug-likeness (QED) is 0.327. The van der Waals surface area contributed by atoms with Gasteiger partial charge in [0, 0.05) is 24.8 Å². The Kier molecular flexibility index (Phi) is 5.87. The summed E-state index contributed by atoms with van der Waals surface area (Å²) in [6.07, 6.45) is 6.78. The van der Waals surface area contributed by atoms with Gasteiger partial charge in [-0.05, 0) is 24.6 Å². The Morgan fingerprint density at radius 1 is 1.13 bits per heavy atom. The molecular formula is C20H23N7O3. The second kappa shape index (κ2) is 8.89. The molecule has 10 heteroatoms. The van der Waals surface area contributed by atoms with Crippen LogP contribution in [0.2, 0.25) is 0 Å². The molecule has 4 aromatic rings. The Balaban J connectivity index is 1.57. The molecule has 4 heterocycles. The van der Waals surface area contributed by atoms with Crippen molar-refractivity contribution in [3.63, 3.8) is 0 Å². The lowest BCUT2D eigenvalue weighted by molar-refractivity contribution is 0.203. The zero-order valence-corrected chi connectivity index (χ0v) is 16.5. The smallest absolute Gasteiger partial charge is 0.227 e. The molecule has 0 aliphatic carbocycles. The first-order valence-corrected chi connectivity index (χ1v) is 9.64. The highest BCUT2D eigenvalue weighted by atomic mass is 16.3. The fourth-order valence-electron chi connectivity index (χ4n) is 2.99. The van der Waals surface area contributed by atoms with E-state index in [0.29, 0.717) is 36.0 Å². The molecule has 0 aliphatic heterocycles. The summed E-state index contributed by atoms with van der Waals surface area (Å²) < 4.78 is 7.00. The number of anilines is 2. The van der Waals surface area contributed by atoms with Gasteiger partial charge in [-0.25, -0.2) is 4.98 Å². The number of furan rings is 1. The van der Waals surface area contributed by atoms with Crippen LogP contribution in [-0.2, 0) is 13.1 Å². The van der Waals surface area contributed by atoms with Crippen LogP contribution in [0.25, 0.3) is 22.4 Å². The summed E-state index contributed by atoms with van der Waals surface area (Å²) in [7, 11) is 0. The first-order valence-electron chi connectivity index (χ1n) is 9.64. The Bertz CT molecular complexity index is 1090. The predicted molar refractivity (Wildman–Crippen MR) is 112 cm³/mol. The van der Waals surface area contributed by atoms with Crippen LogP contribution in [-0.4, -0.2) is 54.0 Å². The van der Waals surface area contributed by atoms with Gasteiger partial charge >= 0.3 is 0 Å². The lowest BCUT2D eigenvalue weighted by Crippen LogP contribution is -2.28. The molecule has 0 aliphatic rings. The standard InChI is InChI=1S/C20H23N7O3/c1-2-27-12-23-17-18(25-20(26-19(17)27)24-15(9-28)10-29)22-8-13-3-4-16(21-7-13)14-5-6-30-11-14/h3-7,11-12,15,28-29H,2,8-10H2,1H3,(H2,22,24,25,26). The average Bonchev–Trinajstić information content (AvgIpc) is 3.46. The van der Waals surface area contributed by atoms with Crippen molar-refractivity contribution in [1.29, 1.82) is 0 Å². The van der Waals surface area contributed by atoms with E-state index in [1.54, 1.807) is 25.1 Å². The number of nitrogens with zero attached hydrogens (tertiary/aromatic N) is 5. The first-order chi connectivity index (χ1) is 14.7. The van der Waals surface area contributed by atoms with Crippen molar-refractivity contribution in [3.05, 3.63) is 48.8 Å². The number of aliphatic hydroxyl groups is 2. The van der Waals surface area contributed by atoms with E-state index in [1.165, 1.54) is 0 Å². The molecular weight excluding hydrogens is 386 g/mol. The summed E-state index contributed by atoms with van der Waals surface area (Å²) >= 11 is 0. The molecule has 156 valence electrons. The third-order valence-corrected chi connectivity index (χ3v) is 4.68. The van der Waals surface area contributed by atoms with Gasteiger partial charge in [0.1, 0.15) is 0 Å². The molecule has 4 aromatic heterocycles. The highest BCUT2D eigenvalue weighted by Crippen LogP contribution is 2.22. The minimum Gasteiger partial charge on any atom is -0.472 e. The van der Waals surface area contributed by atoms with Gasteiger partial charge in [0.15, 0.2) is 17.0 Å². The molecule has 0 saturated carbocycles. The van der Waals surface area contributed by atoms with Gasteiger partial charge in [-0.1, -0.05) is 6.07 Å². The van der Waals surface area contributed by atoms with Crippen LogP contribution in [0.15, 0.2) is 47.7 Å². The van der Waals surface area contributed by atoms with E-state index < -0.39 is 6.04 Å². The highest BCUT2D eigenvalue weighted by molar-refractivity contribution is 5.84. The predicted octanol–water partition coefficient (Wildman–Crippen LogP) is 1.88. The van der Waals surface area contributed by atoms with Gasteiger partial charge in [0.2, 0.25) is 5.95 Å².